The molecule has 2 heterocycles. The number of nitrogens with one attached hydrogen (secondary N) is 1. The van der Waals surface area contributed by atoms with Gasteiger partial charge in [0.05, 0.1) is 5.69 Å². The number of anilines is 1. The number of aliphatic carboxylic acids is 1. The Kier molecular flexibility index (Phi) is 4.16. The van der Waals surface area contributed by atoms with Crippen LogP contribution in [0.5, 0.6) is 5.75 Å². The molecule has 1 aromatic rings. The first kappa shape index (κ1) is 15.7. The van der Waals surface area contributed by atoms with Gasteiger partial charge in [0, 0.05) is 5.75 Å². The molecule has 1 aromatic carbocycles. The highest BCUT2D eigenvalue weighted by Gasteiger charge is 2.43. The van der Waals surface area contributed by atoms with Crippen LogP contribution in [0.2, 0.25) is 0 Å². The Bertz CT molecular complexity index is 657. The van der Waals surface area contributed by atoms with E-state index < -0.39 is 17.4 Å². The largest absolute Gasteiger partial charge is 0.482 e. The lowest BCUT2D eigenvalue weighted by Crippen LogP contribution is -2.57. The van der Waals surface area contributed by atoms with Crippen LogP contribution >= 0.6 is 11.8 Å². The number of carboxylic acids is 1. The van der Waals surface area contributed by atoms with Gasteiger partial charge in [-0.25, -0.2) is 4.79 Å². The van der Waals surface area contributed by atoms with Crippen molar-refractivity contribution >= 4 is 35.2 Å². The van der Waals surface area contributed by atoms with Crippen molar-refractivity contribution in [2.24, 2.45) is 0 Å². The van der Waals surface area contributed by atoms with Crippen LogP contribution in [0, 0.1) is 0 Å². The summed E-state index contributed by atoms with van der Waals surface area (Å²) in [5.41, 5.74) is -0.722. The van der Waals surface area contributed by atoms with Gasteiger partial charge in [-0.3, -0.25) is 14.5 Å². The summed E-state index contributed by atoms with van der Waals surface area (Å²) in [6.45, 7) is -0.358. The normalized spacial score (nSPS) is 23.1. The maximum Gasteiger partial charge on any atom is 0.330 e. The maximum absolute atomic E-state index is 12.3. The molecule has 23 heavy (non-hydrogen) atoms. The molecule has 3 rings (SSSR count). The summed E-state index contributed by atoms with van der Waals surface area (Å²) in [5.74, 6) is -0.300. The molecule has 0 aliphatic carbocycles. The molecule has 0 radical (unpaired) electrons. The van der Waals surface area contributed by atoms with Crippen LogP contribution in [0.15, 0.2) is 24.3 Å². The van der Waals surface area contributed by atoms with Crippen LogP contribution in [-0.2, 0) is 14.4 Å². The predicted octanol–water partition coefficient (Wildman–Crippen LogP) is 0.488. The lowest BCUT2D eigenvalue weighted by atomic mass is 9.99. The van der Waals surface area contributed by atoms with E-state index in [1.54, 1.807) is 24.3 Å². The number of para-hydroxylation sites is 2. The molecule has 2 amide bonds. The van der Waals surface area contributed by atoms with Crippen molar-refractivity contribution in [3.05, 3.63) is 24.3 Å². The van der Waals surface area contributed by atoms with E-state index in [1.165, 1.54) is 16.7 Å². The maximum atomic E-state index is 12.3. The summed E-state index contributed by atoms with van der Waals surface area (Å²) in [6.07, 6.45) is 0.381. The lowest BCUT2D eigenvalue weighted by Gasteiger charge is -2.30. The third kappa shape index (κ3) is 2.98. The van der Waals surface area contributed by atoms with Gasteiger partial charge in [-0.05, 0) is 24.3 Å². The number of fused-ring (bicyclic) bond motifs is 1. The van der Waals surface area contributed by atoms with E-state index >= 15 is 0 Å². The van der Waals surface area contributed by atoms with Gasteiger partial charge in [0.2, 0.25) is 5.91 Å². The van der Waals surface area contributed by atoms with Crippen molar-refractivity contribution in [3.8, 4) is 5.75 Å². The van der Waals surface area contributed by atoms with Crippen molar-refractivity contribution in [3.63, 3.8) is 0 Å². The van der Waals surface area contributed by atoms with E-state index in [0.29, 0.717) is 29.4 Å². The van der Waals surface area contributed by atoms with E-state index in [1.807, 2.05) is 0 Å². The Hall–Kier alpha value is -2.22. The van der Waals surface area contributed by atoms with Gasteiger partial charge < -0.3 is 15.2 Å². The number of benzene rings is 1. The number of thioether (sulfide) groups is 1. The highest BCUT2D eigenvalue weighted by Crippen LogP contribution is 2.32. The topological polar surface area (TPSA) is 95.9 Å². The highest BCUT2D eigenvalue weighted by molar-refractivity contribution is 7.99. The van der Waals surface area contributed by atoms with Gasteiger partial charge in [0.15, 0.2) is 6.61 Å². The SMILES string of the molecule is O=C(CN1C(=O)COc2ccccc21)NC1(C(=O)O)CCSC1. The summed E-state index contributed by atoms with van der Waals surface area (Å²) < 4.78 is 5.32. The molecule has 1 atom stereocenters. The molecular formula is C15H16N2O5S. The van der Waals surface area contributed by atoms with Gasteiger partial charge in [-0.1, -0.05) is 12.1 Å². The molecular weight excluding hydrogens is 320 g/mol. The molecule has 0 saturated carbocycles. The number of amides is 2. The Balaban J connectivity index is 1.75. The number of ether oxygens (including phenoxy) is 1. The number of carbonyl (C=O) groups is 3. The smallest absolute Gasteiger partial charge is 0.330 e. The molecule has 0 aromatic heterocycles. The Morgan fingerprint density at radius 1 is 1.39 bits per heavy atom. The first-order valence-corrected chi connectivity index (χ1v) is 8.32. The number of hydrogen-bond acceptors (Lipinski definition) is 5. The average molecular weight is 336 g/mol. The number of hydrogen-bond donors (Lipinski definition) is 2. The number of carboxylic acid groups (broad SMARTS) is 1. The fraction of sp³-hybridized carbons (Fsp3) is 0.400. The van der Waals surface area contributed by atoms with Gasteiger partial charge >= 0.3 is 5.97 Å². The standard InChI is InChI=1S/C15H16N2O5S/c18-12(16-15(14(20)21)5-6-23-9-15)7-17-10-3-1-2-4-11(10)22-8-13(17)19/h1-4H,5-9H2,(H,16,18)(H,20,21). The second-order valence-electron chi connectivity index (χ2n) is 5.47. The first-order chi connectivity index (χ1) is 11.0. The van der Waals surface area contributed by atoms with Crippen molar-refractivity contribution in [2.75, 3.05) is 29.6 Å². The van der Waals surface area contributed by atoms with Crippen molar-refractivity contribution in [2.45, 2.75) is 12.0 Å². The molecule has 7 nitrogen and oxygen atoms in total. The van der Waals surface area contributed by atoms with Gasteiger partial charge in [0.25, 0.3) is 5.91 Å². The molecule has 122 valence electrons. The van der Waals surface area contributed by atoms with Crippen molar-refractivity contribution in [1.29, 1.82) is 0 Å². The summed E-state index contributed by atoms with van der Waals surface area (Å²) in [5, 5.41) is 12.0. The van der Waals surface area contributed by atoms with Crippen LogP contribution in [-0.4, -0.2) is 53.1 Å². The number of nitrogens with zero attached hydrogens (tertiary/aromatic N) is 1. The second-order valence-corrected chi connectivity index (χ2v) is 6.58. The molecule has 2 N–H and O–H groups in total. The van der Waals surface area contributed by atoms with E-state index in [0.717, 1.165) is 0 Å². The zero-order chi connectivity index (χ0) is 16.4. The minimum Gasteiger partial charge on any atom is -0.482 e. The van der Waals surface area contributed by atoms with Crippen molar-refractivity contribution < 1.29 is 24.2 Å². The molecule has 0 bridgehead atoms. The quantitative estimate of drug-likeness (QED) is 0.831. The summed E-state index contributed by atoms with van der Waals surface area (Å²) in [4.78, 5) is 37.2. The average Bonchev–Trinajstić information content (AvgIpc) is 3.00. The zero-order valence-electron chi connectivity index (χ0n) is 12.3. The zero-order valence-corrected chi connectivity index (χ0v) is 13.1. The fourth-order valence-corrected chi connectivity index (χ4v) is 3.99. The van der Waals surface area contributed by atoms with Crippen LogP contribution in [0.4, 0.5) is 5.69 Å². The van der Waals surface area contributed by atoms with Gasteiger partial charge in [0.1, 0.15) is 17.8 Å². The van der Waals surface area contributed by atoms with Crippen LogP contribution in [0.1, 0.15) is 6.42 Å². The van der Waals surface area contributed by atoms with E-state index in [-0.39, 0.29) is 19.1 Å². The highest BCUT2D eigenvalue weighted by atomic mass is 32.2. The van der Waals surface area contributed by atoms with Gasteiger partial charge in [-0.2, -0.15) is 11.8 Å². The molecule has 8 heteroatoms. The monoisotopic (exact) mass is 336 g/mol. The Morgan fingerprint density at radius 2 is 2.17 bits per heavy atom. The third-order valence-corrected chi connectivity index (χ3v) is 5.11. The van der Waals surface area contributed by atoms with Crippen LogP contribution in [0.25, 0.3) is 0 Å². The van der Waals surface area contributed by atoms with Crippen molar-refractivity contribution in [1.82, 2.24) is 5.32 Å². The van der Waals surface area contributed by atoms with Crippen LogP contribution in [0.3, 0.4) is 0 Å². The number of rotatable bonds is 4. The molecule has 2 aliphatic heterocycles. The molecule has 0 spiro atoms. The minimum absolute atomic E-state index is 0.135. The lowest BCUT2D eigenvalue weighted by molar-refractivity contribution is -0.146. The van der Waals surface area contributed by atoms with E-state index in [4.69, 9.17) is 4.74 Å². The van der Waals surface area contributed by atoms with E-state index in [9.17, 15) is 19.5 Å². The molecule has 1 unspecified atom stereocenters. The molecule has 2 aliphatic rings. The minimum atomic E-state index is -1.24. The third-order valence-electron chi connectivity index (χ3n) is 3.92. The molecule has 1 fully saturated rings. The number of carbonyl (C=O) groups excluding carboxylic acids is 2. The first-order valence-electron chi connectivity index (χ1n) is 7.16. The van der Waals surface area contributed by atoms with E-state index in [2.05, 4.69) is 5.32 Å². The van der Waals surface area contributed by atoms with Gasteiger partial charge in [-0.15, -0.1) is 0 Å². The summed E-state index contributed by atoms with van der Waals surface area (Å²) in [6, 6.07) is 6.94. The molecule has 1 saturated heterocycles. The second kappa shape index (κ2) is 6.11. The fourth-order valence-electron chi connectivity index (χ4n) is 2.66. The predicted molar refractivity (Wildman–Crippen MR) is 84.7 cm³/mol. The Labute approximate surface area is 137 Å². The van der Waals surface area contributed by atoms with Crippen LogP contribution < -0.4 is 15.0 Å². The summed E-state index contributed by atoms with van der Waals surface area (Å²) >= 11 is 1.49. The summed E-state index contributed by atoms with van der Waals surface area (Å²) in [7, 11) is 0. The Morgan fingerprint density at radius 3 is 2.87 bits per heavy atom.